The van der Waals surface area contributed by atoms with Gasteiger partial charge in [0.1, 0.15) is 0 Å². The topological polar surface area (TPSA) is 54.5 Å². The molecule has 3 rings (SSSR count). The van der Waals surface area contributed by atoms with Crippen molar-refractivity contribution in [2.75, 3.05) is 11.5 Å². The number of nitrogens with zero attached hydrogens (tertiary/aromatic N) is 1. The van der Waals surface area contributed by atoms with E-state index >= 15 is 0 Å². The van der Waals surface area contributed by atoms with Crippen LogP contribution in [0.5, 0.6) is 0 Å². The highest BCUT2D eigenvalue weighted by Crippen LogP contribution is 2.24. The molecule has 1 fully saturated rings. The molecule has 1 heterocycles. The lowest BCUT2D eigenvalue weighted by Crippen LogP contribution is -2.40. The van der Waals surface area contributed by atoms with E-state index in [2.05, 4.69) is 26.0 Å². The first-order chi connectivity index (χ1) is 12.7. The van der Waals surface area contributed by atoms with E-state index in [0.717, 1.165) is 5.56 Å². The van der Waals surface area contributed by atoms with Crippen molar-refractivity contribution in [3.8, 4) is 0 Å². The van der Waals surface area contributed by atoms with Crippen LogP contribution < -0.4 is 0 Å². The van der Waals surface area contributed by atoms with E-state index in [9.17, 15) is 13.2 Å². The average molecular weight is 406 g/mol. The number of rotatable bonds is 5. The zero-order valence-electron chi connectivity index (χ0n) is 15.6. The molecule has 0 N–H and O–H groups in total. The van der Waals surface area contributed by atoms with Gasteiger partial charge in [0.05, 0.1) is 11.5 Å². The predicted molar refractivity (Wildman–Crippen MR) is 109 cm³/mol. The van der Waals surface area contributed by atoms with Crippen molar-refractivity contribution in [1.82, 2.24) is 4.90 Å². The van der Waals surface area contributed by atoms with Crippen LogP contribution in [0, 0.1) is 0 Å². The fourth-order valence-corrected chi connectivity index (χ4v) is 5.30. The molecular formula is C21H24ClNO3S. The van der Waals surface area contributed by atoms with E-state index in [1.807, 2.05) is 12.1 Å². The van der Waals surface area contributed by atoms with Gasteiger partial charge in [0.25, 0.3) is 5.91 Å². The Balaban J connectivity index is 1.89. The average Bonchev–Trinajstić information content (AvgIpc) is 2.99. The summed E-state index contributed by atoms with van der Waals surface area (Å²) in [7, 11) is -3.09. The second kappa shape index (κ2) is 8.03. The molecule has 0 aliphatic carbocycles. The Kier molecular flexibility index (Phi) is 5.92. The minimum Gasteiger partial charge on any atom is -0.330 e. The number of hydrogen-bond acceptors (Lipinski definition) is 3. The summed E-state index contributed by atoms with van der Waals surface area (Å²) in [6, 6.07) is 14.6. The van der Waals surface area contributed by atoms with Gasteiger partial charge in [0.2, 0.25) is 0 Å². The summed E-state index contributed by atoms with van der Waals surface area (Å²) in [5, 5.41) is 0.487. The summed E-state index contributed by atoms with van der Waals surface area (Å²) >= 11 is 6.04. The second-order valence-electron chi connectivity index (χ2n) is 7.40. The summed E-state index contributed by atoms with van der Waals surface area (Å²) in [4.78, 5) is 14.8. The Morgan fingerprint density at radius 2 is 1.89 bits per heavy atom. The molecule has 1 atom stereocenters. The van der Waals surface area contributed by atoms with Crippen molar-refractivity contribution >= 4 is 27.3 Å². The molecule has 144 valence electrons. The molecule has 1 aliphatic heterocycles. The molecule has 0 saturated carbocycles. The number of benzene rings is 2. The van der Waals surface area contributed by atoms with E-state index in [4.69, 9.17) is 11.6 Å². The third-order valence-electron chi connectivity index (χ3n) is 4.98. The van der Waals surface area contributed by atoms with Crippen molar-refractivity contribution in [1.29, 1.82) is 0 Å². The molecule has 2 aromatic carbocycles. The highest BCUT2D eigenvalue weighted by Gasteiger charge is 2.35. The largest absolute Gasteiger partial charge is 0.330 e. The summed E-state index contributed by atoms with van der Waals surface area (Å²) in [5.41, 5.74) is 2.69. The van der Waals surface area contributed by atoms with E-state index in [0.29, 0.717) is 29.5 Å². The predicted octanol–water partition coefficient (Wildman–Crippen LogP) is 4.29. The Morgan fingerprint density at radius 1 is 1.19 bits per heavy atom. The molecule has 0 bridgehead atoms. The van der Waals surface area contributed by atoms with Crippen molar-refractivity contribution in [2.24, 2.45) is 0 Å². The van der Waals surface area contributed by atoms with E-state index in [1.165, 1.54) is 5.56 Å². The van der Waals surface area contributed by atoms with Crippen molar-refractivity contribution < 1.29 is 13.2 Å². The van der Waals surface area contributed by atoms with Crippen LogP contribution in [-0.4, -0.2) is 36.8 Å². The highest BCUT2D eigenvalue weighted by molar-refractivity contribution is 7.91. The maximum atomic E-state index is 13.1. The SMILES string of the molecule is CC(C)c1ccc(CN(C(=O)c2cccc(Cl)c2)C2CCS(=O)(=O)C2)cc1. The molecule has 27 heavy (non-hydrogen) atoms. The number of sulfone groups is 1. The fraction of sp³-hybridized carbons (Fsp3) is 0.381. The quantitative estimate of drug-likeness (QED) is 0.745. The van der Waals surface area contributed by atoms with Gasteiger partial charge >= 0.3 is 0 Å². The molecule has 1 aliphatic rings. The van der Waals surface area contributed by atoms with E-state index in [1.54, 1.807) is 29.2 Å². The Hall–Kier alpha value is -1.85. The third kappa shape index (κ3) is 4.90. The summed E-state index contributed by atoms with van der Waals surface area (Å²) in [6.45, 7) is 4.64. The Labute approximate surface area is 166 Å². The van der Waals surface area contributed by atoms with Gasteiger partial charge in [0, 0.05) is 23.2 Å². The summed E-state index contributed by atoms with van der Waals surface area (Å²) in [6.07, 6.45) is 0.471. The van der Waals surface area contributed by atoms with Gasteiger partial charge in [-0.2, -0.15) is 0 Å². The van der Waals surface area contributed by atoms with Crippen molar-refractivity contribution in [3.63, 3.8) is 0 Å². The molecule has 0 spiro atoms. The number of carbonyl (C=O) groups is 1. The Bertz CT molecular complexity index is 923. The van der Waals surface area contributed by atoms with Gasteiger partial charge in [0.15, 0.2) is 9.84 Å². The number of amides is 1. The molecule has 4 nitrogen and oxygen atoms in total. The lowest BCUT2D eigenvalue weighted by atomic mass is 10.0. The number of hydrogen-bond donors (Lipinski definition) is 0. The first-order valence-corrected chi connectivity index (χ1v) is 11.3. The third-order valence-corrected chi connectivity index (χ3v) is 6.97. The molecule has 0 radical (unpaired) electrons. The van der Waals surface area contributed by atoms with Gasteiger partial charge in [-0.25, -0.2) is 8.42 Å². The van der Waals surface area contributed by atoms with Crippen LogP contribution in [0.15, 0.2) is 48.5 Å². The highest BCUT2D eigenvalue weighted by atomic mass is 35.5. The molecule has 6 heteroatoms. The Morgan fingerprint density at radius 3 is 2.44 bits per heavy atom. The number of halogens is 1. The molecule has 1 amide bonds. The molecule has 0 aromatic heterocycles. The van der Waals surface area contributed by atoms with Crippen molar-refractivity contribution in [3.05, 3.63) is 70.2 Å². The normalized spacial score (nSPS) is 18.6. The van der Waals surface area contributed by atoms with Gasteiger partial charge in [-0.05, 0) is 41.7 Å². The number of carbonyl (C=O) groups excluding carboxylic acids is 1. The van der Waals surface area contributed by atoms with Crippen LogP contribution in [0.4, 0.5) is 0 Å². The van der Waals surface area contributed by atoms with Crippen LogP contribution in [0.1, 0.15) is 47.7 Å². The standard InChI is InChI=1S/C21H24ClNO3S/c1-15(2)17-8-6-16(7-9-17)13-23(20-10-11-27(25,26)14-20)21(24)18-4-3-5-19(22)12-18/h3-9,12,15,20H,10-11,13-14H2,1-2H3. The second-order valence-corrected chi connectivity index (χ2v) is 10.1. The van der Waals surface area contributed by atoms with Crippen LogP contribution >= 0.6 is 11.6 Å². The molecule has 1 unspecified atom stereocenters. The van der Waals surface area contributed by atoms with Gasteiger partial charge in [-0.3, -0.25) is 4.79 Å². The molecular weight excluding hydrogens is 382 g/mol. The van der Waals surface area contributed by atoms with Crippen LogP contribution in [0.2, 0.25) is 5.02 Å². The first-order valence-electron chi connectivity index (χ1n) is 9.11. The zero-order chi connectivity index (χ0) is 19.6. The van der Waals surface area contributed by atoms with Crippen LogP contribution in [-0.2, 0) is 16.4 Å². The lowest BCUT2D eigenvalue weighted by molar-refractivity contribution is 0.0681. The van der Waals surface area contributed by atoms with Crippen LogP contribution in [0.3, 0.4) is 0 Å². The van der Waals surface area contributed by atoms with Crippen LogP contribution in [0.25, 0.3) is 0 Å². The van der Waals surface area contributed by atoms with Gasteiger partial charge < -0.3 is 4.90 Å². The van der Waals surface area contributed by atoms with Gasteiger partial charge in [-0.1, -0.05) is 55.8 Å². The zero-order valence-corrected chi connectivity index (χ0v) is 17.1. The molecule has 2 aromatic rings. The summed E-state index contributed by atoms with van der Waals surface area (Å²) < 4.78 is 23.9. The lowest BCUT2D eigenvalue weighted by Gasteiger charge is -2.29. The van der Waals surface area contributed by atoms with Gasteiger partial charge in [-0.15, -0.1) is 0 Å². The first kappa shape index (κ1) is 19.9. The fourth-order valence-electron chi connectivity index (χ4n) is 3.38. The summed E-state index contributed by atoms with van der Waals surface area (Å²) in [5.74, 6) is 0.392. The smallest absolute Gasteiger partial charge is 0.254 e. The minimum absolute atomic E-state index is 0.0172. The van der Waals surface area contributed by atoms with Crippen molar-refractivity contribution in [2.45, 2.75) is 38.8 Å². The monoisotopic (exact) mass is 405 g/mol. The molecule has 1 saturated heterocycles. The van der Waals surface area contributed by atoms with E-state index < -0.39 is 9.84 Å². The maximum absolute atomic E-state index is 13.1. The van der Waals surface area contributed by atoms with E-state index in [-0.39, 0.29) is 23.5 Å². The minimum atomic E-state index is -3.09. The maximum Gasteiger partial charge on any atom is 0.254 e.